The molecule has 0 spiro atoms. The zero-order chi connectivity index (χ0) is 23.5. The molecule has 5 aromatic rings. The van der Waals surface area contributed by atoms with Crippen LogP contribution in [0.5, 0.6) is 0 Å². The number of esters is 1. The molecule has 2 aromatic heterocycles. The molecule has 0 radical (unpaired) electrons. The number of para-hydroxylation sites is 1. The molecular formula is C27H20FN3O2S. The summed E-state index contributed by atoms with van der Waals surface area (Å²) in [6, 6.07) is 25.6. The summed E-state index contributed by atoms with van der Waals surface area (Å²) in [4.78, 5) is 18.0. The number of benzene rings is 3. The van der Waals surface area contributed by atoms with Crippen molar-refractivity contribution in [3.63, 3.8) is 0 Å². The van der Waals surface area contributed by atoms with Crippen molar-refractivity contribution in [3.05, 3.63) is 102 Å². The Balaban J connectivity index is 1.70. The number of carbonyl (C=O) groups excluding carboxylic acids is 1. The lowest BCUT2D eigenvalue weighted by atomic mass is 10.1. The summed E-state index contributed by atoms with van der Waals surface area (Å²) >= 11 is 1.24. The molecule has 7 heteroatoms. The molecule has 3 aromatic carbocycles. The Bertz CT molecular complexity index is 1430. The van der Waals surface area contributed by atoms with E-state index < -0.39 is 5.97 Å². The molecule has 5 nitrogen and oxygen atoms in total. The van der Waals surface area contributed by atoms with Crippen LogP contribution in [0.25, 0.3) is 38.8 Å². The third kappa shape index (κ3) is 4.25. The Morgan fingerprint density at radius 1 is 0.912 bits per heavy atom. The third-order valence-corrected chi connectivity index (χ3v) is 6.29. The highest BCUT2D eigenvalue weighted by Gasteiger charge is 2.24. The van der Waals surface area contributed by atoms with E-state index in [4.69, 9.17) is 14.8 Å². The van der Waals surface area contributed by atoms with E-state index in [9.17, 15) is 9.18 Å². The summed E-state index contributed by atoms with van der Waals surface area (Å²) in [6.07, 6.45) is 1.92. The molecule has 0 N–H and O–H groups in total. The second kappa shape index (κ2) is 9.41. The number of ether oxygens (including phenoxy) is 1. The Morgan fingerprint density at radius 2 is 1.56 bits per heavy atom. The number of carbonyl (C=O) groups is 1. The average Bonchev–Trinajstić information content (AvgIpc) is 3.51. The predicted molar refractivity (Wildman–Crippen MR) is 131 cm³/mol. The van der Waals surface area contributed by atoms with E-state index in [1.165, 1.54) is 23.5 Å². The van der Waals surface area contributed by atoms with Gasteiger partial charge in [-0.15, -0.1) is 11.3 Å². The van der Waals surface area contributed by atoms with E-state index >= 15 is 0 Å². The highest BCUT2D eigenvalue weighted by Crippen LogP contribution is 2.39. The highest BCUT2D eigenvalue weighted by atomic mass is 32.1. The van der Waals surface area contributed by atoms with Gasteiger partial charge in [-0.1, -0.05) is 48.5 Å². The molecule has 0 unspecified atom stereocenters. The fourth-order valence-electron chi connectivity index (χ4n) is 3.63. The molecule has 0 aliphatic rings. The smallest absolute Gasteiger partial charge is 0.350 e. The van der Waals surface area contributed by atoms with Crippen LogP contribution in [0.2, 0.25) is 0 Å². The first-order valence-corrected chi connectivity index (χ1v) is 11.6. The average molecular weight is 470 g/mol. The number of nitrogens with zero attached hydrogens (tertiary/aromatic N) is 3. The first-order chi connectivity index (χ1) is 16.6. The van der Waals surface area contributed by atoms with Crippen molar-refractivity contribution >= 4 is 17.3 Å². The van der Waals surface area contributed by atoms with E-state index in [0.717, 1.165) is 22.5 Å². The Labute approximate surface area is 200 Å². The molecule has 0 amide bonds. The quantitative estimate of drug-likeness (QED) is 0.261. The minimum atomic E-state index is -0.456. The largest absolute Gasteiger partial charge is 0.462 e. The number of thiazole rings is 1. The summed E-state index contributed by atoms with van der Waals surface area (Å²) in [5, 5.41) is 5.48. The molecule has 0 fully saturated rings. The normalized spacial score (nSPS) is 10.9. The lowest BCUT2D eigenvalue weighted by Crippen LogP contribution is -2.03. The molecule has 0 saturated heterocycles. The minimum Gasteiger partial charge on any atom is -0.462 e. The Hall–Kier alpha value is -4.10. The van der Waals surface area contributed by atoms with Gasteiger partial charge >= 0.3 is 5.97 Å². The van der Waals surface area contributed by atoms with Crippen LogP contribution in [-0.4, -0.2) is 27.3 Å². The molecule has 0 saturated carbocycles. The lowest BCUT2D eigenvalue weighted by Gasteiger charge is -2.02. The van der Waals surface area contributed by atoms with E-state index in [2.05, 4.69) is 0 Å². The number of aromatic nitrogens is 3. The zero-order valence-electron chi connectivity index (χ0n) is 18.3. The van der Waals surface area contributed by atoms with Crippen LogP contribution >= 0.6 is 11.3 Å². The fourth-order valence-corrected chi connectivity index (χ4v) is 4.62. The number of hydrogen-bond donors (Lipinski definition) is 0. The molecule has 0 atom stereocenters. The molecular weight excluding hydrogens is 449 g/mol. The number of rotatable bonds is 6. The van der Waals surface area contributed by atoms with Crippen molar-refractivity contribution in [3.8, 4) is 38.8 Å². The van der Waals surface area contributed by atoms with E-state index in [-0.39, 0.29) is 12.4 Å². The first-order valence-electron chi connectivity index (χ1n) is 10.8. The monoisotopic (exact) mass is 469 g/mol. The first kappa shape index (κ1) is 21.7. The Morgan fingerprint density at radius 3 is 2.24 bits per heavy atom. The van der Waals surface area contributed by atoms with Gasteiger partial charge in [0.05, 0.1) is 23.6 Å². The van der Waals surface area contributed by atoms with Crippen LogP contribution in [0.3, 0.4) is 0 Å². The van der Waals surface area contributed by atoms with E-state index in [0.29, 0.717) is 21.1 Å². The minimum absolute atomic E-state index is 0.246. The van der Waals surface area contributed by atoms with Gasteiger partial charge in [0, 0.05) is 17.3 Å². The number of halogens is 1. The molecule has 168 valence electrons. The van der Waals surface area contributed by atoms with Gasteiger partial charge in [0.1, 0.15) is 21.4 Å². The maximum Gasteiger partial charge on any atom is 0.350 e. The van der Waals surface area contributed by atoms with Crippen molar-refractivity contribution < 1.29 is 13.9 Å². The van der Waals surface area contributed by atoms with Gasteiger partial charge in [0.2, 0.25) is 0 Å². The van der Waals surface area contributed by atoms with Crippen LogP contribution in [-0.2, 0) is 4.74 Å². The van der Waals surface area contributed by atoms with Crippen LogP contribution in [0, 0.1) is 5.82 Å². The molecule has 5 rings (SSSR count). The summed E-state index contributed by atoms with van der Waals surface area (Å²) in [7, 11) is 0. The number of hydrogen-bond acceptors (Lipinski definition) is 5. The van der Waals surface area contributed by atoms with Crippen LogP contribution in [0.4, 0.5) is 4.39 Å². The van der Waals surface area contributed by atoms with Crippen LogP contribution in [0.1, 0.15) is 16.6 Å². The maximum atomic E-state index is 13.5. The molecule has 0 bridgehead atoms. The van der Waals surface area contributed by atoms with Crippen LogP contribution < -0.4 is 0 Å². The predicted octanol–water partition coefficient (Wildman–Crippen LogP) is 6.65. The van der Waals surface area contributed by atoms with Gasteiger partial charge in [0.25, 0.3) is 0 Å². The lowest BCUT2D eigenvalue weighted by molar-refractivity contribution is 0.0532. The van der Waals surface area contributed by atoms with E-state index in [1.807, 2.05) is 66.9 Å². The second-order valence-corrected chi connectivity index (χ2v) is 8.46. The van der Waals surface area contributed by atoms with Crippen molar-refractivity contribution in [1.29, 1.82) is 0 Å². The second-order valence-electron chi connectivity index (χ2n) is 7.46. The van der Waals surface area contributed by atoms with Gasteiger partial charge in [-0.05, 0) is 43.3 Å². The Kier molecular flexibility index (Phi) is 6.01. The zero-order valence-corrected chi connectivity index (χ0v) is 19.1. The molecule has 0 aliphatic heterocycles. The SMILES string of the molecule is CCOC(=O)c1sc(-c2cn(-c3ccccc3)nc2-c2ccccc2)nc1-c1ccc(F)cc1. The molecule has 2 heterocycles. The van der Waals surface area contributed by atoms with Gasteiger partial charge < -0.3 is 4.74 Å². The van der Waals surface area contributed by atoms with Crippen LogP contribution in [0.15, 0.2) is 91.1 Å². The van der Waals surface area contributed by atoms with Gasteiger partial charge in [-0.25, -0.2) is 18.9 Å². The highest BCUT2D eigenvalue weighted by molar-refractivity contribution is 7.17. The van der Waals surface area contributed by atoms with E-state index in [1.54, 1.807) is 23.7 Å². The van der Waals surface area contributed by atoms with Crippen molar-refractivity contribution in [2.24, 2.45) is 0 Å². The fraction of sp³-hybridized carbons (Fsp3) is 0.0741. The summed E-state index contributed by atoms with van der Waals surface area (Å²) in [6.45, 7) is 2.00. The van der Waals surface area contributed by atoms with Crippen molar-refractivity contribution in [1.82, 2.24) is 14.8 Å². The topological polar surface area (TPSA) is 57.0 Å². The van der Waals surface area contributed by atoms with Crippen molar-refractivity contribution in [2.45, 2.75) is 6.92 Å². The standard InChI is InChI=1S/C27H20FN3O2S/c1-2-33-27(32)25-24(19-13-15-20(28)16-14-19)29-26(34-25)22-17-31(21-11-7-4-8-12-21)30-23(22)18-9-5-3-6-10-18/h3-17H,2H2,1H3. The van der Waals surface area contributed by atoms with Gasteiger partial charge in [0.15, 0.2) is 0 Å². The molecule has 34 heavy (non-hydrogen) atoms. The summed E-state index contributed by atoms with van der Waals surface area (Å²) < 4.78 is 20.6. The summed E-state index contributed by atoms with van der Waals surface area (Å²) in [5.74, 6) is -0.810. The molecule has 0 aliphatic carbocycles. The van der Waals surface area contributed by atoms with Gasteiger partial charge in [-0.3, -0.25) is 0 Å². The third-order valence-electron chi connectivity index (χ3n) is 5.22. The maximum absolute atomic E-state index is 13.5. The summed E-state index contributed by atoms with van der Waals surface area (Å²) in [5.41, 5.74) is 4.49. The van der Waals surface area contributed by atoms with Gasteiger partial charge in [-0.2, -0.15) is 5.10 Å². The van der Waals surface area contributed by atoms with Crippen molar-refractivity contribution in [2.75, 3.05) is 6.61 Å².